The van der Waals surface area contributed by atoms with Crippen LogP contribution in [0.15, 0.2) is 18.3 Å². The van der Waals surface area contributed by atoms with Gasteiger partial charge in [-0.1, -0.05) is 13.8 Å². The van der Waals surface area contributed by atoms with Crippen LogP contribution in [0.5, 0.6) is 0 Å². The fourth-order valence-electron chi connectivity index (χ4n) is 1.91. The number of aromatic nitrogens is 1. The third-order valence-corrected chi connectivity index (χ3v) is 2.92. The summed E-state index contributed by atoms with van der Waals surface area (Å²) in [5, 5.41) is 0. The van der Waals surface area contributed by atoms with Gasteiger partial charge in [0.1, 0.15) is 0 Å². The molecule has 114 valence electrons. The molecule has 1 heterocycles. The van der Waals surface area contributed by atoms with Gasteiger partial charge in [0.25, 0.3) is 0 Å². The van der Waals surface area contributed by atoms with Crippen molar-refractivity contribution in [2.45, 2.75) is 60.2 Å². The Morgan fingerprint density at radius 3 is 2.10 bits per heavy atom. The first-order valence-electron chi connectivity index (χ1n) is 7.24. The molecule has 0 spiro atoms. The van der Waals surface area contributed by atoms with E-state index >= 15 is 0 Å². The summed E-state index contributed by atoms with van der Waals surface area (Å²) >= 11 is 0. The van der Waals surface area contributed by atoms with E-state index in [4.69, 9.17) is 0 Å². The average molecular weight is 280 g/mol. The summed E-state index contributed by atoms with van der Waals surface area (Å²) in [6, 6.07) is 4.57. The second-order valence-corrected chi connectivity index (χ2v) is 4.89. The van der Waals surface area contributed by atoms with Crippen LogP contribution in [0, 0.1) is 0 Å². The maximum absolute atomic E-state index is 11.3. The number of nitrogens with zero attached hydrogens (tertiary/aromatic N) is 2. The molecule has 0 N–H and O–H groups in total. The van der Waals surface area contributed by atoms with E-state index in [9.17, 15) is 4.79 Å². The van der Waals surface area contributed by atoms with Crippen molar-refractivity contribution in [1.82, 2.24) is 9.88 Å². The minimum absolute atomic E-state index is 0.348. The topological polar surface area (TPSA) is 42.4 Å². The van der Waals surface area contributed by atoms with Gasteiger partial charge in [-0.3, -0.25) is 9.88 Å². The maximum Gasteiger partial charge on any atom is 0.339 e. The molecule has 0 aliphatic rings. The molecule has 0 atom stereocenters. The largest absolute Gasteiger partial charge is 0.465 e. The maximum atomic E-state index is 11.3. The lowest BCUT2D eigenvalue weighted by atomic mass is 10.2. The fraction of sp³-hybridized carbons (Fsp3) is 0.625. The highest BCUT2D eigenvalue weighted by molar-refractivity contribution is 5.88. The number of carbonyl (C=O) groups is 1. The fourth-order valence-corrected chi connectivity index (χ4v) is 1.91. The van der Waals surface area contributed by atoms with Crippen LogP contribution in [0.1, 0.15) is 57.6 Å². The molecule has 0 amide bonds. The lowest BCUT2D eigenvalue weighted by molar-refractivity contribution is 0.0600. The number of carbonyl (C=O) groups excluding carboxylic acids is 1. The number of ether oxygens (including phenoxy) is 1. The van der Waals surface area contributed by atoms with Gasteiger partial charge in [-0.25, -0.2) is 4.79 Å². The number of hydrogen-bond acceptors (Lipinski definition) is 4. The molecule has 0 saturated heterocycles. The van der Waals surface area contributed by atoms with Crippen molar-refractivity contribution in [3.8, 4) is 0 Å². The summed E-state index contributed by atoms with van der Waals surface area (Å²) in [5.74, 6) is -0.348. The molecule has 0 aliphatic heterocycles. The van der Waals surface area contributed by atoms with E-state index in [-0.39, 0.29) is 5.97 Å². The number of pyridine rings is 1. The summed E-state index contributed by atoms with van der Waals surface area (Å²) in [4.78, 5) is 17.9. The standard InChI is InChI=1S/C14H22N2O2.C2H6/c1-10(2)16(11(3)4)9-13-7-6-12(8-15-13)14(17)18-5;1-2/h6-8,10-11H,9H2,1-5H3;1-2H3. The lowest BCUT2D eigenvalue weighted by Crippen LogP contribution is -2.36. The van der Waals surface area contributed by atoms with Crippen molar-refractivity contribution in [1.29, 1.82) is 0 Å². The molecule has 1 aromatic heterocycles. The molecule has 0 saturated carbocycles. The second-order valence-electron chi connectivity index (χ2n) is 4.89. The van der Waals surface area contributed by atoms with Crippen molar-refractivity contribution < 1.29 is 9.53 Å². The van der Waals surface area contributed by atoms with Gasteiger partial charge < -0.3 is 4.74 Å². The molecular formula is C16H28N2O2. The van der Waals surface area contributed by atoms with Crippen LogP contribution in [0.2, 0.25) is 0 Å². The minimum Gasteiger partial charge on any atom is -0.465 e. The molecule has 1 rings (SSSR count). The first kappa shape index (κ1) is 18.6. The Bertz CT molecular complexity index is 378. The quantitative estimate of drug-likeness (QED) is 0.774. The summed E-state index contributed by atoms with van der Waals surface area (Å²) in [6.45, 7) is 13.5. The van der Waals surface area contributed by atoms with Gasteiger partial charge in [0, 0.05) is 24.8 Å². The van der Waals surface area contributed by atoms with Gasteiger partial charge in [0.15, 0.2) is 0 Å². The van der Waals surface area contributed by atoms with Crippen molar-refractivity contribution in [3.05, 3.63) is 29.6 Å². The second kappa shape index (κ2) is 9.48. The first-order valence-corrected chi connectivity index (χ1v) is 7.24. The van der Waals surface area contributed by atoms with E-state index in [2.05, 4.69) is 42.3 Å². The Hall–Kier alpha value is -1.42. The van der Waals surface area contributed by atoms with Gasteiger partial charge in [-0.05, 0) is 39.8 Å². The van der Waals surface area contributed by atoms with E-state index in [0.717, 1.165) is 12.2 Å². The summed E-state index contributed by atoms with van der Waals surface area (Å²) in [5.41, 5.74) is 1.45. The summed E-state index contributed by atoms with van der Waals surface area (Å²) in [7, 11) is 1.37. The third-order valence-electron chi connectivity index (χ3n) is 2.92. The average Bonchev–Trinajstić information content (AvgIpc) is 2.46. The Kier molecular flexibility index (Phi) is 8.81. The van der Waals surface area contributed by atoms with E-state index in [1.54, 1.807) is 12.3 Å². The van der Waals surface area contributed by atoms with E-state index in [1.807, 2.05) is 19.9 Å². The van der Waals surface area contributed by atoms with Crippen molar-refractivity contribution in [2.24, 2.45) is 0 Å². The lowest BCUT2D eigenvalue weighted by Gasteiger charge is -2.30. The van der Waals surface area contributed by atoms with Crippen LogP contribution in [0.3, 0.4) is 0 Å². The van der Waals surface area contributed by atoms with Gasteiger partial charge in [0.2, 0.25) is 0 Å². The monoisotopic (exact) mass is 280 g/mol. The van der Waals surface area contributed by atoms with E-state index in [0.29, 0.717) is 17.6 Å². The first-order chi connectivity index (χ1) is 9.45. The Balaban J connectivity index is 0.00000172. The van der Waals surface area contributed by atoms with Crippen molar-refractivity contribution >= 4 is 5.97 Å². The Morgan fingerprint density at radius 2 is 1.75 bits per heavy atom. The Labute approximate surface area is 123 Å². The number of rotatable bonds is 5. The number of methoxy groups -OCH3 is 1. The van der Waals surface area contributed by atoms with E-state index in [1.165, 1.54) is 7.11 Å². The molecule has 0 fully saturated rings. The van der Waals surface area contributed by atoms with Crippen LogP contribution in [0.25, 0.3) is 0 Å². The van der Waals surface area contributed by atoms with Crippen LogP contribution < -0.4 is 0 Å². The summed E-state index contributed by atoms with van der Waals surface area (Å²) < 4.78 is 4.64. The molecule has 0 aromatic carbocycles. The zero-order valence-corrected chi connectivity index (χ0v) is 13.8. The molecule has 1 aromatic rings. The molecule has 0 unspecified atom stereocenters. The predicted octanol–water partition coefficient (Wildman–Crippen LogP) is 3.51. The zero-order chi connectivity index (χ0) is 15.7. The van der Waals surface area contributed by atoms with Crippen LogP contribution >= 0.6 is 0 Å². The predicted molar refractivity (Wildman–Crippen MR) is 82.7 cm³/mol. The molecule has 0 aliphatic carbocycles. The highest BCUT2D eigenvalue weighted by Crippen LogP contribution is 2.11. The molecule has 4 nitrogen and oxygen atoms in total. The van der Waals surface area contributed by atoms with Gasteiger partial charge in [-0.2, -0.15) is 0 Å². The highest BCUT2D eigenvalue weighted by atomic mass is 16.5. The number of hydrogen-bond donors (Lipinski definition) is 0. The molecule has 20 heavy (non-hydrogen) atoms. The highest BCUT2D eigenvalue weighted by Gasteiger charge is 2.14. The van der Waals surface area contributed by atoms with Crippen LogP contribution in [0.4, 0.5) is 0 Å². The van der Waals surface area contributed by atoms with Crippen molar-refractivity contribution in [3.63, 3.8) is 0 Å². The van der Waals surface area contributed by atoms with Gasteiger partial charge in [0.05, 0.1) is 18.4 Å². The van der Waals surface area contributed by atoms with Gasteiger partial charge in [-0.15, -0.1) is 0 Å². The smallest absolute Gasteiger partial charge is 0.339 e. The van der Waals surface area contributed by atoms with Crippen LogP contribution in [-0.2, 0) is 11.3 Å². The molecular weight excluding hydrogens is 252 g/mol. The van der Waals surface area contributed by atoms with E-state index < -0.39 is 0 Å². The summed E-state index contributed by atoms with van der Waals surface area (Å²) in [6.07, 6.45) is 1.57. The van der Waals surface area contributed by atoms with Crippen molar-refractivity contribution in [2.75, 3.05) is 7.11 Å². The molecule has 0 radical (unpaired) electrons. The molecule has 4 heteroatoms. The zero-order valence-electron chi connectivity index (χ0n) is 13.8. The molecule has 0 bridgehead atoms. The normalized spacial score (nSPS) is 10.5. The van der Waals surface area contributed by atoms with Crippen LogP contribution in [-0.4, -0.2) is 35.0 Å². The third kappa shape index (κ3) is 5.70. The SMILES string of the molecule is CC.COC(=O)c1ccc(CN(C(C)C)C(C)C)nc1. The Morgan fingerprint density at radius 1 is 1.20 bits per heavy atom. The number of esters is 1. The minimum atomic E-state index is -0.348. The van der Waals surface area contributed by atoms with Gasteiger partial charge >= 0.3 is 5.97 Å².